The minimum Gasteiger partial charge on any atom is -0.478 e. The van der Waals surface area contributed by atoms with Gasteiger partial charge in [0.2, 0.25) is 0 Å². The van der Waals surface area contributed by atoms with E-state index in [9.17, 15) is 4.79 Å². The van der Waals surface area contributed by atoms with E-state index in [1.54, 1.807) is 6.92 Å². The van der Waals surface area contributed by atoms with Gasteiger partial charge in [0, 0.05) is 12.7 Å². The molecule has 0 rings (SSSR count). The van der Waals surface area contributed by atoms with E-state index in [0.29, 0.717) is 6.42 Å². The van der Waals surface area contributed by atoms with Gasteiger partial charge >= 0.3 is 5.97 Å². The lowest BCUT2D eigenvalue weighted by Crippen LogP contribution is -1.95. The van der Waals surface area contributed by atoms with Gasteiger partial charge in [0.1, 0.15) is 0 Å². The maximum Gasteiger partial charge on any atom is 0.330 e. The van der Waals surface area contributed by atoms with E-state index in [2.05, 4.69) is 6.58 Å². The van der Waals surface area contributed by atoms with Crippen LogP contribution in [-0.2, 0) is 4.79 Å². The molecule has 0 amide bonds. The van der Waals surface area contributed by atoms with Gasteiger partial charge in [-0.3, -0.25) is 0 Å². The summed E-state index contributed by atoms with van der Waals surface area (Å²) in [5, 5.41) is 15.1. The van der Waals surface area contributed by atoms with Crippen molar-refractivity contribution in [1.82, 2.24) is 0 Å². The monoisotopic (exact) mass is 132 g/mol. The Balaban J connectivity index is 0. The number of carbonyl (C=O) groups is 1. The summed E-state index contributed by atoms with van der Waals surface area (Å²) in [6.07, 6.45) is 0.523. The van der Waals surface area contributed by atoms with Crippen LogP contribution in [0.2, 0.25) is 0 Å². The average molecular weight is 132 g/mol. The van der Waals surface area contributed by atoms with Crippen LogP contribution in [-0.4, -0.2) is 23.3 Å². The molecule has 0 aromatic heterocycles. The smallest absolute Gasteiger partial charge is 0.330 e. The number of hydrogen-bond acceptors (Lipinski definition) is 2. The van der Waals surface area contributed by atoms with Gasteiger partial charge in [-0.1, -0.05) is 13.5 Å². The molecule has 0 aliphatic rings. The van der Waals surface area contributed by atoms with Crippen LogP contribution in [0.5, 0.6) is 0 Å². The highest BCUT2D eigenvalue weighted by Gasteiger charge is 1.96. The van der Waals surface area contributed by atoms with Crippen LogP contribution in [0.4, 0.5) is 0 Å². The number of rotatable bonds is 2. The van der Waals surface area contributed by atoms with Crippen molar-refractivity contribution in [1.29, 1.82) is 0 Å². The molecule has 0 atom stereocenters. The molecule has 9 heavy (non-hydrogen) atoms. The Hall–Kier alpha value is -0.830. The molecule has 0 aliphatic carbocycles. The predicted octanol–water partition coefficient (Wildman–Crippen LogP) is 0.646. The molecule has 0 radical (unpaired) electrons. The Kier molecular flexibility index (Phi) is 8.79. The maximum atomic E-state index is 9.83. The van der Waals surface area contributed by atoms with Crippen LogP contribution in [0, 0.1) is 0 Å². The number of carboxylic acid groups (broad SMARTS) is 1. The van der Waals surface area contributed by atoms with Crippen LogP contribution in [0.3, 0.4) is 0 Å². The molecule has 0 bridgehead atoms. The van der Waals surface area contributed by atoms with Crippen molar-refractivity contribution in [3.05, 3.63) is 12.2 Å². The molecular formula is C6H12O3. The normalized spacial score (nSPS) is 7.00. The summed E-state index contributed by atoms with van der Waals surface area (Å²) in [6, 6.07) is 0. The van der Waals surface area contributed by atoms with Crippen LogP contribution >= 0.6 is 0 Å². The third-order valence-electron chi connectivity index (χ3n) is 0.729. The van der Waals surface area contributed by atoms with Gasteiger partial charge < -0.3 is 10.2 Å². The Bertz CT molecular complexity index is 96.5. The topological polar surface area (TPSA) is 57.5 Å². The zero-order valence-electron chi connectivity index (χ0n) is 5.72. The molecule has 54 valence electrons. The first-order valence-electron chi connectivity index (χ1n) is 2.54. The second-order valence-corrected chi connectivity index (χ2v) is 1.26. The van der Waals surface area contributed by atoms with E-state index in [0.717, 1.165) is 7.11 Å². The number of aliphatic carboxylic acids is 1. The molecule has 0 heterocycles. The van der Waals surface area contributed by atoms with Crippen LogP contribution in [0.25, 0.3) is 0 Å². The minimum atomic E-state index is -0.900. The Morgan fingerprint density at radius 3 is 1.89 bits per heavy atom. The molecule has 0 spiro atoms. The predicted molar refractivity (Wildman–Crippen MR) is 35.2 cm³/mol. The number of aliphatic hydroxyl groups excluding tert-OH is 1. The molecule has 0 saturated heterocycles. The second kappa shape index (κ2) is 7.17. The van der Waals surface area contributed by atoms with Crippen molar-refractivity contribution >= 4 is 5.97 Å². The fourth-order valence-electron chi connectivity index (χ4n) is 0.151. The van der Waals surface area contributed by atoms with Gasteiger partial charge in [-0.05, 0) is 6.42 Å². The quantitative estimate of drug-likeness (QED) is 0.542. The van der Waals surface area contributed by atoms with Gasteiger partial charge in [0.05, 0.1) is 0 Å². The molecule has 3 heteroatoms. The third kappa shape index (κ3) is 7.17. The molecule has 3 nitrogen and oxygen atoms in total. The van der Waals surface area contributed by atoms with Crippen LogP contribution < -0.4 is 0 Å². The lowest BCUT2D eigenvalue weighted by atomic mass is 10.2. The summed E-state index contributed by atoms with van der Waals surface area (Å²) in [7, 11) is 1.00. The summed E-state index contributed by atoms with van der Waals surface area (Å²) >= 11 is 0. The van der Waals surface area contributed by atoms with E-state index in [1.165, 1.54) is 0 Å². The van der Waals surface area contributed by atoms with Crippen molar-refractivity contribution in [2.75, 3.05) is 7.11 Å². The lowest BCUT2D eigenvalue weighted by molar-refractivity contribution is -0.132. The zero-order chi connectivity index (χ0) is 7.86. The second-order valence-electron chi connectivity index (χ2n) is 1.26. The summed E-state index contributed by atoms with van der Waals surface area (Å²) in [5.41, 5.74) is 0.264. The van der Waals surface area contributed by atoms with Gasteiger partial charge in [0.15, 0.2) is 0 Å². The maximum absolute atomic E-state index is 9.83. The van der Waals surface area contributed by atoms with Gasteiger partial charge in [-0.2, -0.15) is 0 Å². The molecule has 0 fully saturated rings. The SMILES string of the molecule is C=C(CC)C(=O)O.CO. The van der Waals surface area contributed by atoms with Crippen molar-refractivity contribution < 1.29 is 15.0 Å². The highest BCUT2D eigenvalue weighted by molar-refractivity contribution is 5.85. The van der Waals surface area contributed by atoms with Crippen molar-refractivity contribution in [3.8, 4) is 0 Å². The standard InChI is InChI=1S/C5H8O2.CH4O/c1-3-4(2)5(6)7;1-2/h2-3H2,1H3,(H,6,7);2H,1H3. The largest absolute Gasteiger partial charge is 0.478 e. The number of hydrogen-bond donors (Lipinski definition) is 2. The molecular weight excluding hydrogens is 120 g/mol. The van der Waals surface area contributed by atoms with E-state index < -0.39 is 5.97 Å². The Morgan fingerprint density at radius 1 is 1.56 bits per heavy atom. The molecule has 0 aliphatic heterocycles. The highest BCUT2D eigenvalue weighted by atomic mass is 16.4. The van der Waals surface area contributed by atoms with E-state index in [4.69, 9.17) is 10.2 Å². The summed E-state index contributed by atoms with van der Waals surface area (Å²) in [5.74, 6) is -0.900. The first kappa shape index (κ1) is 11.0. The Labute approximate surface area is 54.6 Å². The highest BCUT2D eigenvalue weighted by Crippen LogP contribution is 1.93. The van der Waals surface area contributed by atoms with Gasteiger partial charge in [0.25, 0.3) is 0 Å². The van der Waals surface area contributed by atoms with Crippen LogP contribution in [0.15, 0.2) is 12.2 Å². The average Bonchev–Trinajstić information content (AvgIpc) is 1.91. The first-order chi connectivity index (χ1) is 4.18. The molecule has 2 N–H and O–H groups in total. The zero-order valence-corrected chi connectivity index (χ0v) is 5.72. The van der Waals surface area contributed by atoms with Gasteiger partial charge in [-0.25, -0.2) is 4.79 Å². The Morgan fingerprint density at radius 2 is 1.89 bits per heavy atom. The van der Waals surface area contributed by atoms with Crippen molar-refractivity contribution in [2.24, 2.45) is 0 Å². The fourth-order valence-corrected chi connectivity index (χ4v) is 0.151. The summed E-state index contributed by atoms with van der Waals surface area (Å²) in [4.78, 5) is 9.83. The fraction of sp³-hybridized carbons (Fsp3) is 0.500. The van der Waals surface area contributed by atoms with Crippen LogP contribution in [0.1, 0.15) is 13.3 Å². The molecule has 0 aromatic carbocycles. The minimum absolute atomic E-state index is 0.264. The number of aliphatic hydroxyl groups is 1. The third-order valence-corrected chi connectivity index (χ3v) is 0.729. The van der Waals surface area contributed by atoms with Gasteiger partial charge in [-0.15, -0.1) is 0 Å². The molecule has 0 saturated carbocycles. The van der Waals surface area contributed by atoms with Crippen molar-refractivity contribution in [3.63, 3.8) is 0 Å². The molecule has 0 unspecified atom stereocenters. The first-order valence-corrected chi connectivity index (χ1v) is 2.54. The van der Waals surface area contributed by atoms with E-state index in [1.807, 2.05) is 0 Å². The summed E-state index contributed by atoms with van der Waals surface area (Å²) < 4.78 is 0. The van der Waals surface area contributed by atoms with Crippen molar-refractivity contribution in [2.45, 2.75) is 13.3 Å². The van der Waals surface area contributed by atoms with E-state index >= 15 is 0 Å². The summed E-state index contributed by atoms with van der Waals surface area (Å²) in [6.45, 7) is 5.03. The number of carboxylic acids is 1. The lowest BCUT2D eigenvalue weighted by Gasteiger charge is -1.87. The molecule has 0 aromatic rings. The van der Waals surface area contributed by atoms with E-state index in [-0.39, 0.29) is 5.57 Å².